The summed E-state index contributed by atoms with van der Waals surface area (Å²) < 4.78 is 24.3. The van der Waals surface area contributed by atoms with Gasteiger partial charge in [0.25, 0.3) is 5.91 Å². The van der Waals surface area contributed by atoms with Gasteiger partial charge in [0.2, 0.25) is 0 Å². The Morgan fingerprint density at radius 1 is 1.10 bits per heavy atom. The molecular weight excluding hydrogens is 408 g/mol. The number of aliphatic imine (C=N–C) groups is 1. The number of hydrogen-bond donors (Lipinski definition) is 0. The Morgan fingerprint density at radius 3 is 2.61 bits per heavy atom. The molecule has 6 heteroatoms. The van der Waals surface area contributed by atoms with E-state index in [0.717, 1.165) is 47.2 Å². The summed E-state index contributed by atoms with van der Waals surface area (Å²) in [6, 6.07) is 11.4. The van der Waals surface area contributed by atoms with Crippen molar-refractivity contribution >= 4 is 27.6 Å². The van der Waals surface area contributed by atoms with Crippen LogP contribution in [-0.2, 0) is 28.1 Å². The van der Waals surface area contributed by atoms with Gasteiger partial charge in [-0.15, -0.1) is 0 Å². The SMILES string of the molecule is CC1(C)[C@H]2Cc3ccc(S(C)(=O)=O)cc3[C@]1(C)CCN2C(=O)c1ccc2c(c1)CC=N2. The number of hydrogen-bond acceptors (Lipinski definition) is 4. The number of likely N-dealkylation sites (tertiary alicyclic amines) is 1. The second-order valence-electron chi connectivity index (χ2n) is 9.97. The number of amides is 1. The van der Waals surface area contributed by atoms with Crippen LogP contribution in [0, 0.1) is 5.41 Å². The lowest BCUT2D eigenvalue weighted by molar-refractivity contribution is -0.0263. The Labute approximate surface area is 184 Å². The van der Waals surface area contributed by atoms with E-state index >= 15 is 0 Å². The highest BCUT2D eigenvalue weighted by Gasteiger charge is 2.57. The van der Waals surface area contributed by atoms with E-state index in [4.69, 9.17) is 0 Å². The van der Waals surface area contributed by atoms with Crippen LogP contribution in [0.3, 0.4) is 0 Å². The smallest absolute Gasteiger partial charge is 0.254 e. The molecule has 2 aliphatic heterocycles. The summed E-state index contributed by atoms with van der Waals surface area (Å²) >= 11 is 0. The van der Waals surface area contributed by atoms with Crippen molar-refractivity contribution < 1.29 is 13.2 Å². The molecule has 1 aliphatic carbocycles. The molecule has 0 N–H and O–H groups in total. The van der Waals surface area contributed by atoms with Gasteiger partial charge in [-0.05, 0) is 65.3 Å². The summed E-state index contributed by atoms with van der Waals surface area (Å²) in [5.74, 6) is 0.0750. The largest absolute Gasteiger partial charge is 0.335 e. The highest BCUT2D eigenvalue weighted by molar-refractivity contribution is 7.90. The van der Waals surface area contributed by atoms with Crippen LogP contribution in [0.4, 0.5) is 5.69 Å². The van der Waals surface area contributed by atoms with Gasteiger partial charge in [0.1, 0.15) is 0 Å². The molecule has 3 aliphatic rings. The number of nitrogens with zero attached hydrogens (tertiary/aromatic N) is 2. The molecule has 0 saturated carbocycles. The molecule has 2 aromatic carbocycles. The second-order valence-corrected chi connectivity index (χ2v) is 12.0. The first kappa shape index (κ1) is 20.4. The standard InChI is InChI=1S/C25H28N2O3S/c1-24(2)22-14-16-5-7-19(31(4,29)30)15-20(16)25(24,3)10-12-27(22)23(28)18-6-8-21-17(13-18)9-11-26-21/h5-8,11,13,15,22H,9-10,12,14H2,1-4H3/t22-,25+/m1/s1. The molecule has 1 amide bonds. The second kappa shape index (κ2) is 6.52. The van der Waals surface area contributed by atoms with Crippen molar-refractivity contribution in [1.82, 2.24) is 4.90 Å². The maximum atomic E-state index is 13.6. The van der Waals surface area contributed by atoms with Gasteiger partial charge in [-0.25, -0.2) is 8.42 Å². The molecule has 0 spiro atoms. The van der Waals surface area contributed by atoms with Crippen molar-refractivity contribution in [2.24, 2.45) is 10.4 Å². The van der Waals surface area contributed by atoms with E-state index in [0.29, 0.717) is 11.4 Å². The molecule has 2 bridgehead atoms. The van der Waals surface area contributed by atoms with Gasteiger partial charge >= 0.3 is 0 Å². The molecule has 31 heavy (non-hydrogen) atoms. The van der Waals surface area contributed by atoms with Gasteiger partial charge in [0.05, 0.1) is 10.6 Å². The van der Waals surface area contributed by atoms with E-state index in [9.17, 15) is 13.2 Å². The topological polar surface area (TPSA) is 66.8 Å². The molecule has 5 nitrogen and oxygen atoms in total. The molecule has 5 rings (SSSR count). The lowest BCUT2D eigenvalue weighted by atomic mass is 9.51. The number of rotatable bonds is 2. The van der Waals surface area contributed by atoms with Gasteiger partial charge in [0, 0.05) is 42.5 Å². The highest BCUT2D eigenvalue weighted by atomic mass is 32.2. The van der Waals surface area contributed by atoms with Crippen LogP contribution in [0.1, 0.15) is 54.2 Å². The maximum Gasteiger partial charge on any atom is 0.254 e. The van der Waals surface area contributed by atoms with Gasteiger partial charge < -0.3 is 4.90 Å². The van der Waals surface area contributed by atoms with E-state index in [2.05, 4.69) is 25.8 Å². The van der Waals surface area contributed by atoms with E-state index in [1.807, 2.05) is 41.4 Å². The summed E-state index contributed by atoms with van der Waals surface area (Å²) in [6.07, 6.45) is 5.46. The molecule has 1 fully saturated rings. The minimum Gasteiger partial charge on any atom is -0.335 e. The fraction of sp³-hybridized carbons (Fsp3) is 0.440. The average molecular weight is 437 g/mol. The zero-order valence-corrected chi connectivity index (χ0v) is 19.3. The fourth-order valence-corrected chi connectivity index (χ4v) is 6.42. The van der Waals surface area contributed by atoms with Crippen LogP contribution >= 0.6 is 0 Å². The summed E-state index contributed by atoms with van der Waals surface area (Å²) in [7, 11) is -3.27. The summed E-state index contributed by atoms with van der Waals surface area (Å²) in [5.41, 5.74) is 4.67. The number of benzene rings is 2. The number of sulfone groups is 1. The Hall–Kier alpha value is -2.47. The average Bonchev–Trinajstić information content (AvgIpc) is 3.17. The third kappa shape index (κ3) is 2.91. The van der Waals surface area contributed by atoms with Gasteiger partial charge in [-0.1, -0.05) is 26.8 Å². The third-order valence-electron chi connectivity index (χ3n) is 8.13. The highest BCUT2D eigenvalue weighted by Crippen LogP contribution is 2.56. The van der Waals surface area contributed by atoms with Gasteiger partial charge in [-0.3, -0.25) is 9.79 Å². The van der Waals surface area contributed by atoms with Gasteiger partial charge in [-0.2, -0.15) is 0 Å². The molecule has 2 aromatic rings. The summed E-state index contributed by atoms with van der Waals surface area (Å²) in [6.45, 7) is 7.35. The van der Waals surface area contributed by atoms with Crippen molar-refractivity contribution in [1.29, 1.82) is 0 Å². The number of carbonyl (C=O) groups excluding carboxylic acids is 1. The first-order valence-electron chi connectivity index (χ1n) is 10.8. The molecule has 2 atom stereocenters. The Kier molecular flexibility index (Phi) is 4.30. The Balaban J connectivity index is 1.55. The van der Waals surface area contributed by atoms with Crippen molar-refractivity contribution in [3.63, 3.8) is 0 Å². The minimum atomic E-state index is -3.27. The normalized spacial score (nSPS) is 25.8. The monoisotopic (exact) mass is 436 g/mol. The first-order valence-corrected chi connectivity index (χ1v) is 12.7. The number of fused-ring (bicyclic) bond motifs is 5. The van der Waals surface area contributed by atoms with Crippen molar-refractivity contribution in [2.75, 3.05) is 12.8 Å². The van der Waals surface area contributed by atoms with Crippen LogP contribution < -0.4 is 0 Å². The van der Waals surface area contributed by atoms with Crippen LogP contribution in [0.5, 0.6) is 0 Å². The summed E-state index contributed by atoms with van der Waals surface area (Å²) in [4.78, 5) is 20.4. The van der Waals surface area contributed by atoms with Crippen LogP contribution in [0.2, 0.25) is 0 Å². The molecule has 0 radical (unpaired) electrons. The number of piperidine rings is 1. The molecule has 1 saturated heterocycles. The Bertz CT molecular complexity index is 1250. The van der Waals surface area contributed by atoms with Crippen LogP contribution in [-0.4, -0.2) is 44.3 Å². The lowest BCUT2D eigenvalue weighted by Gasteiger charge is -2.60. The van der Waals surface area contributed by atoms with Crippen LogP contribution in [0.15, 0.2) is 46.3 Å². The fourth-order valence-electron chi connectivity index (χ4n) is 5.77. The van der Waals surface area contributed by atoms with Crippen molar-refractivity contribution in [3.8, 4) is 0 Å². The minimum absolute atomic E-state index is 0.0554. The molecule has 162 valence electrons. The lowest BCUT2D eigenvalue weighted by Crippen LogP contribution is -2.64. The molecule has 2 heterocycles. The zero-order chi connectivity index (χ0) is 22.2. The Morgan fingerprint density at radius 2 is 1.87 bits per heavy atom. The zero-order valence-electron chi connectivity index (χ0n) is 18.5. The predicted molar refractivity (Wildman–Crippen MR) is 122 cm³/mol. The van der Waals surface area contributed by atoms with Crippen LogP contribution in [0.25, 0.3) is 0 Å². The van der Waals surface area contributed by atoms with E-state index in [-0.39, 0.29) is 22.8 Å². The molecular formula is C25H28N2O3S. The van der Waals surface area contributed by atoms with E-state index in [1.165, 1.54) is 6.26 Å². The molecule has 0 aromatic heterocycles. The first-order chi connectivity index (χ1) is 14.5. The summed E-state index contributed by atoms with van der Waals surface area (Å²) in [5, 5.41) is 0. The van der Waals surface area contributed by atoms with Crippen molar-refractivity contribution in [2.45, 2.75) is 56.4 Å². The maximum absolute atomic E-state index is 13.6. The van der Waals surface area contributed by atoms with E-state index in [1.54, 1.807) is 6.07 Å². The quantitative estimate of drug-likeness (QED) is 0.712. The third-order valence-corrected chi connectivity index (χ3v) is 9.24. The predicted octanol–water partition coefficient (Wildman–Crippen LogP) is 4.10. The van der Waals surface area contributed by atoms with Gasteiger partial charge in [0.15, 0.2) is 9.84 Å². The molecule has 0 unspecified atom stereocenters. The number of carbonyl (C=O) groups is 1. The van der Waals surface area contributed by atoms with Crippen molar-refractivity contribution in [3.05, 3.63) is 58.7 Å². The van der Waals surface area contributed by atoms with E-state index < -0.39 is 9.84 Å².